The highest BCUT2D eigenvalue weighted by atomic mass is 19.1. The number of hydrogen-bond donors (Lipinski definition) is 0. The summed E-state index contributed by atoms with van der Waals surface area (Å²) in [4.78, 5) is 31.1. The Morgan fingerprint density at radius 2 is 0.448 bits per heavy atom. The molecule has 672 valence electrons. The molecule has 0 N–H and O–H groups in total. The third-order valence-electron chi connectivity index (χ3n) is 30.4. The maximum Gasteiger partial charge on any atom is 0.221 e. The molecule has 0 saturated heterocycles. The molecule has 0 spiro atoms. The summed E-state index contributed by atoms with van der Waals surface area (Å²) in [6.07, 6.45) is 0. The van der Waals surface area contributed by atoms with Crippen molar-refractivity contribution >= 4 is 159 Å². The van der Waals surface area contributed by atoms with Crippen LogP contribution in [0.2, 0.25) is 0 Å². The first-order chi connectivity index (χ1) is 70.3. The van der Waals surface area contributed by atoms with E-state index in [1.54, 1.807) is 0 Å². The molecule has 0 amide bonds. The molecule has 2 aliphatic rings. The molecule has 0 aliphatic heterocycles. The number of imidazole rings is 3. The second kappa shape index (κ2) is 31.2. The van der Waals surface area contributed by atoms with Crippen molar-refractivity contribution in [3.63, 3.8) is 0 Å². The van der Waals surface area contributed by atoms with Gasteiger partial charge in [-0.25, -0.2) is 34.3 Å². The Morgan fingerprint density at radius 3 is 0.839 bits per heavy atom. The van der Waals surface area contributed by atoms with Gasteiger partial charge in [-0.15, -0.1) is 0 Å². The molecular weight excluding hydrogens is 1750 g/mol. The van der Waals surface area contributed by atoms with Crippen LogP contribution in [0.3, 0.4) is 0 Å². The van der Waals surface area contributed by atoms with Crippen molar-refractivity contribution in [1.82, 2.24) is 56.8 Å². The van der Waals surface area contributed by atoms with Gasteiger partial charge in [0.1, 0.15) is 22.8 Å². The molecule has 29 aromatic rings. The van der Waals surface area contributed by atoms with E-state index in [1.165, 1.54) is 133 Å². The Bertz CT molecular complexity index is 10500. The fourth-order valence-corrected chi connectivity index (χ4v) is 23.5. The second-order valence-electron chi connectivity index (χ2n) is 39.0. The molecule has 0 radical (unpaired) electrons. The number of aromatic nitrogens is 12. The fourth-order valence-electron chi connectivity index (χ4n) is 23.5. The van der Waals surface area contributed by atoms with Gasteiger partial charge in [-0.2, -0.15) is 0 Å². The number of rotatable bonds is 8. The standard InChI is InChI=1S/C51H34N4.C47H32N4.C32H19FN4/c1-51(2)42-29-33(22-25-37(42)38-26-23-34(30-43(38)51)36-17-11-13-31-12-3-4-14-35(31)36)32-24-27-47-41(28-32)39-15-6-9-20-46(39)54(47)50-53-44-18-7-5-16-40(44)49-52-45-19-8-10-21-48(45)55(49)50;1-47(2)38-27-31(29-12-4-3-5-13-29)20-23-33(38)34-24-21-32(28-39(34)47)30-22-25-43-37(26-30)35-14-7-10-18-42(35)50(43)46-49-40-16-8-6-15-36(40)45-48-41-17-9-11-19-44(41)51(45)46;33-22-16-13-20(14-17-22)21-15-18-29-25(19-21)23-7-2-5-11-28(23)36(29)32-35-26-9-3-1-8-24(26)31-34-27-10-4-6-12-30(27)37(31)32/h3-30H,1-2H3;3-28H,1-2H3;1-19H. The van der Waals surface area contributed by atoms with Gasteiger partial charge in [0.05, 0.1) is 82.8 Å². The van der Waals surface area contributed by atoms with Crippen LogP contribution in [0.4, 0.5) is 4.39 Å². The van der Waals surface area contributed by atoms with E-state index in [2.05, 4.69) is 425 Å². The van der Waals surface area contributed by atoms with E-state index in [0.717, 1.165) is 156 Å². The lowest BCUT2D eigenvalue weighted by molar-refractivity contribution is 0.628. The maximum absolute atomic E-state index is 13.6. The maximum atomic E-state index is 13.6. The van der Waals surface area contributed by atoms with Gasteiger partial charge in [0.15, 0.2) is 0 Å². The molecule has 0 bridgehead atoms. The number of nitrogens with zero attached hydrogens (tertiary/aromatic N) is 12. The highest BCUT2D eigenvalue weighted by molar-refractivity contribution is 6.15. The van der Waals surface area contributed by atoms with Crippen molar-refractivity contribution in [3.8, 4) is 95.7 Å². The van der Waals surface area contributed by atoms with E-state index in [0.29, 0.717) is 0 Å². The van der Waals surface area contributed by atoms with Crippen LogP contribution in [0.15, 0.2) is 443 Å². The van der Waals surface area contributed by atoms with Crippen LogP contribution in [0.25, 0.3) is 255 Å². The topological polar surface area (TPSA) is 105 Å². The summed E-state index contributed by atoms with van der Waals surface area (Å²) < 4.78 is 27.0. The zero-order chi connectivity index (χ0) is 94.8. The van der Waals surface area contributed by atoms with Gasteiger partial charge < -0.3 is 0 Å². The van der Waals surface area contributed by atoms with Crippen molar-refractivity contribution in [2.45, 2.75) is 38.5 Å². The first kappa shape index (κ1) is 81.6. The number of para-hydroxylation sites is 12. The minimum absolute atomic E-state index is 0.119. The van der Waals surface area contributed by atoms with Crippen LogP contribution < -0.4 is 0 Å². The van der Waals surface area contributed by atoms with Crippen molar-refractivity contribution in [3.05, 3.63) is 471 Å². The summed E-state index contributed by atoms with van der Waals surface area (Å²) in [5.41, 5.74) is 40.5. The van der Waals surface area contributed by atoms with Gasteiger partial charge in [-0.1, -0.05) is 307 Å². The number of halogens is 1. The van der Waals surface area contributed by atoms with Crippen LogP contribution in [0.1, 0.15) is 49.9 Å². The third-order valence-corrected chi connectivity index (χ3v) is 30.4. The van der Waals surface area contributed by atoms with Crippen molar-refractivity contribution in [2.24, 2.45) is 0 Å². The molecular formula is C130H85FN12. The highest BCUT2D eigenvalue weighted by Crippen LogP contribution is 2.54. The summed E-state index contributed by atoms with van der Waals surface area (Å²) in [6, 6.07) is 156. The monoisotopic (exact) mass is 1830 g/mol. The van der Waals surface area contributed by atoms with Gasteiger partial charge in [-0.05, 0) is 275 Å². The Balaban J connectivity index is 0.000000104. The van der Waals surface area contributed by atoms with Crippen molar-refractivity contribution in [1.29, 1.82) is 0 Å². The predicted molar refractivity (Wildman–Crippen MR) is 587 cm³/mol. The number of fused-ring (bicyclic) bond motifs is 31. The molecule has 0 unspecified atom stereocenters. The van der Waals surface area contributed by atoms with E-state index in [-0.39, 0.29) is 16.6 Å². The molecule has 2 aliphatic carbocycles. The third kappa shape index (κ3) is 12.4. The normalized spacial score (nSPS) is 13.0. The van der Waals surface area contributed by atoms with Crippen molar-refractivity contribution in [2.75, 3.05) is 0 Å². The van der Waals surface area contributed by atoms with Crippen LogP contribution >= 0.6 is 0 Å². The Kier molecular flexibility index (Phi) is 17.8. The Hall–Kier alpha value is -18.6. The van der Waals surface area contributed by atoms with E-state index in [4.69, 9.17) is 29.9 Å². The predicted octanol–water partition coefficient (Wildman–Crippen LogP) is 32.6. The minimum Gasteiger partial charge on any atom is -0.279 e. The SMILES string of the molecule is CC1(C)c2cc(-c3ccc4c(c3)c3ccccc3n4-c3nc4ccccc4c4nc5ccccc5n34)ccc2-c2ccc(-c3cccc4ccccc34)cc21.CC1(C)c2cc(-c3ccccc3)ccc2-c2ccc(-c3ccc4c(c3)c3ccccc3n4-c3nc4ccccc4c4nc5ccccc5n34)cc21.Fc1ccc(-c2ccc3c(c2)c2ccccc2n3-c2nc3ccccc3c3nc4ccccc4n23)cc1. The molecule has 13 heteroatoms. The molecule has 9 heterocycles. The zero-order valence-corrected chi connectivity index (χ0v) is 78.4. The van der Waals surface area contributed by atoms with Crippen LogP contribution in [0.5, 0.6) is 0 Å². The lowest BCUT2D eigenvalue weighted by atomic mass is 9.80. The molecule has 9 aromatic heterocycles. The quantitative estimate of drug-likeness (QED) is 0.150. The summed E-state index contributed by atoms with van der Waals surface area (Å²) in [5.74, 6) is 2.23. The Morgan fingerprint density at radius 1 is 0.182 bits per heavy atom. The fraction of sp³-hybridized carbons (Fsp3) is 0.0462. The Labute approximate surface area is 819 Å². The molecule has 0 fully saturated rings. The zero-order valence-electron chi connectivity index (χ0n) is 78.4. The molecule has 143 heavy (non-hydrogen) atoms. The van der Waals surface area contributed by atoms with Gasteiger partial charge >= 0.3 is 0 Å². The lowest BCUT2D eigenvalue weighted by Crippen LogP contribution is -2.15. The smallest absolute Gasteiger partial charge is 0.221 e. The van der Waals surface area contributed by atoms with Gasteiger partial charge in [0, 0.05) is 59.3 Å². The van der Waals surface area contributed by atoms with Gasteiger partial charge in [0.2, 0.25) is 17.8 Å². The largest absolute Gasteiger partial charge is 0.279 e. The van der Waals surface area contributed by atoms with Crippen LogP contribution in [0, 0.1) is 5.82 Å². The molecule has 0 saturated carbocycles. The van der Waals surface area contributed by atoms with Gasteiger partial charge in [0.25, 0.3) is 0 Å². The van der Waals surface area contributed by atoms with Gasteiger partial charge in [-0.3, -0.25) is 26.9 Å². The summed E-state index contributed by atoms with van der Waals surface area (Å²) >= 11 is 0. The molecule has 20 aromatic carbocycles. The summed E-state index contributed by atoms with van der Waals surface area (Å²) in [6.45, 7) is 9.48. The summed E-state index contributed by atoms with van der Waals surface area (Å²) in [7, 11) is 0. The van der Waals surface area contributed by atoms with E-state index in [9.17, 15) is 4.39 Å². The first-order valence-electron chi connectivity index (χ1n) is 48.8. The van der Waals surface area contributed by atoms with Crippen LogP contribution in [-0.4, -0.2) is 56.8 Å². The summed E-state index contributed by atoms with van der Waals surface area (Å²) in [5, 5.41) is 12.7. The molecule has 0 atom stereocenters. The van der Waals surface area contributed by atoms with E-state index >= 15 is 0 Å². The number of hydrogen-bond acceptors (Lipinski definition) is 6. The van der Waals surface area contributed by atoms with Crippen LogP contribution in [-0.2, 0) is 10.8 Å². The highest BCUT2D eigenvalue weighted by Gasteiger charge is 2.39. The first-order valence-corrected chi connectivity index (χ1v) is 48.8. The molecule has 31 rings (SSSR count). The lowest BCUT2D eigenvalue weighted by Gasteiger charge is -2.23. The average Bonchev–Trinajstić information content (AvgIpc) is 1.56. The van der Waals surface area contributed by atoms with E-state index < -0.39 is 0 Å². The van der Waals surface area contributed by atoms with Crippen molar-refractivity contribution < 1.29 is 4.39 Å². The van der Waals surface area contributed by atoms with E-state index in [1.807, 2.05) is 60.7 Å². The average molecular weight is 1830 g/mol. The second-order valence-corrected chi connectivity index (χ2v) is 39.0. The minimum atomic E-state index is -0.236. The number of benzene rings is 20. The molecule has 12 nitrogen and oxygen atoms in total.